The summed E-state index contributed by atoms with van der Waals surface area (Å²) in [6, 6.07) is 12.7. The van der Waals surface area contributed by atoms with Crippen LogP contribution in [0.2, 0.25) is 0 Å². The normalized spacial score (nSPS) is 22.6. The molecule has 2 aliphatic carbocycles. The molecule has 2 fully saturated rings. The lowest BCUT2D eigenvalue weighted by atomic mass is 9.50. The van der Waals surface area contributed by atoms with Crippen LogP contribution in [-0.4, -0.2) is 30.1 Å². The van der Waals surface area contributed by atoms with E-state index in [0.29, 0.717) is 12.2 Å². The van der Waals surface area contributed by atoms with Crippen LogP contribution in [0.4, 0.5) is 4.39 Å². The number of carboxylic acids is 1. The summed E-state index contributed by atoms with van der Waals surface area (Å²) in [5, 5.41) is 12.3. The maximum Gasteiger partial charge on any atom is 0.306 e. The van der Waals surface area contributed by atoms with Crippen molar-refractivity contribution in [1.82, 2.24) is 5.32 Å². The molecule has 2 aromatic carbocycles. The van der Waals surface area contributed by atoms with Crippen LogP contribution in [0, 0.1) is 31.0 Å². The zero-order chi connectivity index (χ0) is 25.6. The van der Waals surface area contributed by atoms with Crippen molar-refractivity contribution in [2.24, 2.45) is 11.3 Å². The van der Waals surface area contributed by atoms with Crippen LogP contribution < -0.4 is 10.1 Å². The number of carbonyl (C=O) groups excluding carboxylic acids is 1. The van der Waals surface area contributed by atoms with Crippen LogP contribution in [0.5, 0.6) is 5.75 Å². The van der Waals surface area contributed by atoms with Gasteiger partial charge in [0.15, 0.2) is 0 Å². The predicted molar refractivity (Wildman–Crippen MR) is 138 cm³/mol. The van der Waals surface area contributed by atoms with Gasteiger partial charge in [-0.3, -0.25) is 9.59 Å². The molecule has 0 aliphatic heterocycles. The standard InChI is InChI=1S/C29H30FNO4S/c1-16-25(8-18-4-6-19(7-5-18)20-9-22(30)11-24(10-20)35-3)26(17(2)36-16)27(32)31-23-14-29(15-23)12-21(13-29)28(33)34/h4-7,9-11,21,23H,8,12-15H2,1-3H3,(H,31,32)(H,33,34)/t21-,23-,29?. The van der Waals surface area contributed by atoms with Gasteiger partial charge in [-0.2, -0.15) is 0 Å². The maximum atomic E-state index is 13.9. The third kappa shape index (κ3) is 4.64. The molecule has 2 aliphatic rings. The first-order valence-electron chi connectivity index (χ1n) is 12.2. The largest absolute Gasteiger partial charge is 0.497 e. The predicted octanol–water partition coefficient (Wildman–Crippen LogP) is 6.14. The minimum Gasteiger partial charge on any atom is -0.497 e. The van der Waals surface area contributed by atoms with E-state index in [0.717, 1.165) is 63.3 Å². The summed E-state index contributed by atoms with van der Waals surface area (Å²) in [7, 11) is 1.52. The molecule has 0 radical (unpaired) electrons. The average Bonchev–Trinajstić information content (AvgIpc) is 3.06. The number of thiophene rings is 1. The quantitative estimate of drug-likeness (QED) is 0.403. The zero-order valence-electron chi connectivity index (χ0n) is 20.7. The third-order valence-electron chi connectivity index (χ3n) is 7.79. The highest BCUT2D eigenvalue weighted by Crippen LogP contribution is 2.58. The molecule has 0 bridgehead atoms. The molecule has 0 saturated heterocycles. The molecule has 188 valence electrons. The van der Waals surface area contributed by atoms with Crippen molar-refractivity contribution >= 4 is 23.2 Å². The Morgan fingerprint density at radius 2 is 1.75 bits per heavy atom. The number of hydrogen-bond donors (Lipinski definition) is 2. The summed E-state index contributed by atoms with van der Waals surface area (Å²) in [5.74, 6) is -0.824. The third-order valence-corrected chi connectivity index (χ3v) is 8.85. The van der Waals surface area contributed by atoms with Gasteiger partial charge in [-0.1, -0.05) is 24.3 Å². The van der Waals surface area contributed by atoms with Crippen molar-refractivity contribution in [2.45, 2.75) is 52.0 Å². The number of rotatable bonds is 7. The minimum atomic E-state index is -0.703. The lowest BCUT2D eigenvalue weighted by molar-refractivity contribution is -0.155. The first-order valence-corrected chi connectivity index (χ1v) is 13.0. The molecule has 3 aromatic rings. The van der Waals surface area contributed by atoms with Gasteiger partial charge in [-0.05, 0) is 85.8 Å². The summed E-state index contributed by atoms with van der Waals surface area (Å²) < 4.78 is 19.1. The van der Waals surface area contributed by atoms with Crippen molar-refractivity contribution in [3.8, 4) is 16.9 Å². The Kier molecular flexibility index (Phi) is 6.37. The Morgan fingerprint density at radius 1 is 1.06 bits per heavy atom. The van der Waals surface area contributed by atoms with Crippen molar-refractivity contribution in [2.75, 3.05) is 7.11 Å². The maximum absolute atomic E-state index is 13.9. The van der Waals surface area contributed by atoms with Gasteiger partial charge in [0.2, 0.25) is 0 Å². The topological polar surface area (TPSA) is 75.6 Å². The second-order valence-corrected chi connectivity index (χ2v) is 11.8. The van der Waals surface area contributed by atoms with E-state index in [1.807, 2.05) is 37.3 Å². The Morgan fingerprint density at radius 3 is 2.39 bits per heavy atom. The summed E-state index contributed by atoms with van der Waals surface area (Å²) in [6.45, 7) is 4.04. The number of carboxylic acid groups (broad SMARTS) is 1. The number of carbonyl (C=O) groups is 2. The number of ether oxygens (including phenoxy) is 1. The lowest BCUT2D eigenvalue weighted by Crippen LogP contribution is -2.57. The molecule has 2 saturated carbocycles. The van der Waals surface area contributed by atoms with E-state index < -0.39 is 5.97 Å². The molecule has 5 rings (SSSR count). The Balaban J connectivity index is 1.27. The van der Waals surface area contributed by atoms with Crippen molar-refractivity contribution in [3.63, 3.8) is 0 Å². The fourth-order valence-electron chi connectivity index (χ4n) is 5.95. The first-order chi connectivity index (χ1) is 17.2. The number of halogens is 1. The summed E-state index contributed by atoms with van der Waals surface area (Å²) in [4.78, 5) is 26.5. The highest BCUT2D eigenvalue weighted by molar-refractivity contribution is 7.12. The number of aliphatic carboxylic acids is 1. The molecule has 5 nitrogen and oxygen atoms in total. The molecule has 36 heavy (non-hydrogen) atoms. The Labute approximate surface area is 214 Å². The molecule has 1 amide bonds. The van der Waals surface area contributed by atoms with E-state index in [4.69, 9.17) is 9.84 Å². The molecule has 0 unspecified atom stereocenters. The van der Waals surface area contributed by atoms with Gasteiger partial charge < -0.3 is 15.2 Å². The first kappa shape index (κ1) is 24.5. The Hall–Kier alpha value is -3.19. The van der Waals surface area contributed by atoms with Gasteiger partial charge in [0.25, 0.3) is 5.91 Å². The molecule has 1 heterocycles. The van der Waals surface area contributed by atoms with Crippen LogP contribution in [0.25, 0.3) is 11.1 Å². The molecule has 1 aromatic heterocycles. The molecular formula is C29H30FNO4S. The number of hydrogen-bond acceptors (Lipinski definition) is 4. The minimum absolute atomic E-state index is 0.0377. The number of aryl methyl sites for hydroxylation is 2. The van der Waals surface area contributed by atoms with E-state index in [1.165, 1.54) is 19.2 Å². The lowest BCUT2D eigenvalue weighted by Gasteiger charge is -2.56. The van der Waals surface area contributed by atoms with E-state index >= 15 is 0 Å². The van der Waals surface area contributed by atoms with Crippen molar-refractivity contribution in [1.29, 1.82) is 0 Å². The van der Waals surface area contributed by atoms with Gasteiger partial charge in [0, 0.05) is 21.9 Å². The summed E-state index contributed by atoms with van der Waals surface area (Å²) in [5.41, 5.74) is 4.65. The van der Waals surface area contributed by atoms with Crippen LogP contribution in [-0.2, 0) is 11.2 Å². The monoisotopic (exact) mass is 507 g/mol. The molecule has 7 heteroatoms. The molecule has 0 atom stereocenters. The van der Waals surface area contributed by atoms with Crippen LogP contribution in [0.1, 0.15) is 56.9 Å². The second kappa shape index (κ2) is 9.36. The summed E-state index contributed by atoms with van der Waals surface area (Å²) in [6.07, 6.45) is 3.84. The van der Waals surface area contributed by atoms with Crippen LogP contribution >= 0.6 is 11.3 Å². The number of benzene rings is 2. The number of nitrogens with one attached hydrogen (secondary N) is 1. The molecule has 2 N–H and O–H groups in total. The SMILES string of the molecule is COc1cc(F)cc(-c2ccc(Cc3c(C)sc(C)c3C(=O)N[C@H]3CC4(C3)C[C@H](C(=O)O)C4)cc2)c1. The molecular weight excluding hydrogens is 477 g/mol. The number of methoxy groups -OCH3 is 1. The highest BCUT2D eigenvalue weighted by atomic mass is 32.1. The van der Waals surface area contributed by atoms with Crippen LogP contribution in [0.3, 0.4) is 0 Å². The van der Waals surface area contributed by atoms with Gasteiger partial charge in [-0.25, -0.2) is 4.39 Å². The fourth-order valence-corrected chi connectivity index (χ4v) is 7.02. The van der Waals surface area contributed by atoms with Gasteiger partial charge in [0.1, 0.15) is 11.6 Å². The highest BCUT2D eigenvalue weighted by Gasteiger charge is 2.55. The van der Waals surface area contributed by atoms with Crippen LogP contribution in [0.15, 0.2) is 42.5 Å². The Bertz CT molecular complexity index is 1320. The van der Waals surface area contributed by atoms with Gasteiger partial charge in [0.05, 0.1) is 18.6 Å². The van der Waals surface area contributed by atoms with E-state index in [9.17, 15) is 14.0 Å². The number of amides is 1. The van der Waals surface area contributed by atoms with Gasteiger partial charge >= 0.3 is 5.97 Å². The second-order valence-electron chi connectivity index (χ2n) is 10.3. The average molecular weight is 508 g/mol. The van der Waals surface area contributed by atoms with E-state index in [-0.39, 0.29) is 29.1 Å². The van der Waals surface area contributed by atoms with Crippen molar-refractivity contribution in [3.05, 3.63) is 74.7 Å². The summed E-state index contributed by atoms with van der Waals surface area (Å²) >= 11 is 1.64. The zero-order valence-corrected chi connectivity index (χ0v) is 21.5. The smallest absolute Gasteiger partial charge is 0.306 e. The van der Waals surface area contributed by atoms with E-state index in [2.05, 4.69) is 12.2 Å². The molecule has 1 spiro atoms. The fraction of sp³-hybridized carbons (Fsp3) is 0.379. The van der Waals surface area contributed by atoms with Crippen molar-refractivity contribution < 1.29 is 23.8 Å². The van der Waals surface area contributed by atoms with E-state index in [1.54, 1.807) is 11.3 Å². The van der Waals surface area contributed by atoms with Gasteiger partial charge in [-0.15, -0.1) is 11.3 Å².